The van der Waals surface area contributed by atoms with Crippen molar-refractivity contribution in [3.05, 3.63) is 35.4 Å². The maximum atomic E-state index is 12.2. The normalized spacial score (nSPS) is 21.2. The number of carbonyl (C=O) groups is 2. The molecule has 132 valence electrons. The van der Waals surface area contributed by atoms with E-state index in [4.69, 9.17) is 0 Å². The van der Waals surface area contributed by atoms with Crippen LogP contribution in [0.25, 0.3) is 0 Å². The van der Waals surface area contributed by atoms with Crippen molar-refractivity contribution in [1.29, 1.82) is 0 Å². The highest BCUT2D eigenvalue weighted by Gasteiger charge is 2.22. The minimum absolute atomic E-state index is 0.0308. The quantitative estimate of drug-likeness (QED) is 0.889. The number of rotatable bonds is 4. The summed E-state index contributed by atoms with van der Waals surface area (Å²) in [4.78, 5) is 24.2. The number of nitrogens with one attached hydrogen (secondary N) is 2. The molecule has 0 spiro atoms. The van der Waals surface area contributed by atoms with E-state index in [2.05, 4.69) is 38.3 Å². The molecule has 1 saturated carbocycles. The average molecular weight is 330 g/mol. The monoisotopic (exact) mass is 330 g/mol. The lowest BCUT2D eigenvalue weighted by Crippen LogP contribution is -2.45. The summed E-state index contributed by atoms with van der Waals surface area (Å²) in [5.41, 5.74) is 1.83. The number of hydrogen-bond acceptors (Lipinski definition) is 2. The fraction of sp³-hybridized carbons (Fsp3) is 0.600. The van der Waals surface area contributed by atoms with Gasteiger partial charge >= 0.3 is 0 Å². The molecule has 1 aliphatic rings. The standard InChI is InChI=1S/C20H30N2O2/c1-14-7-5-6-8-17(14)22-18(23)13-21-19(24)15-9-11-16(12-10-15)20(2,3)4/h9-12,14,17H,5-8,13H2,1-4H3,(H,21,24)(H,22,23). The van der Waals surface area contributed by atoms with Gasteiger partial charge in [0.25, 0.3) is 5.91 Å². The molecule has 2 amide bonds. The molecule has 0 bridgehead atoms. The molecule has 2 atom stereocenters. The second kappa shape index (κ2) is 7.82. The van der Waals surface area contributed by atoms with E-state index in [-0.39, 0.29) is 29.8 Å². The van der Waals surface area contributed by atoms with Crippen molar-refractivity contribution in [1.82, 2.24) is 10.6 Å². The van der Waals surface area contributed by atoms with Crippen LogP contribution in [0.2, 0.25) is 0 Å². The van der Waals surface area contributed by atoms with E-state index in [0.29, 0.717) is 11.5 Å². The predicted molar refractivity (Wildman–Crippen MR) is 97.0 cm³/mol. The van der Waals surface area contributed by atoms with E-state index < -0.39 is 0 Å². The molecule has 0 heterocycles. The van der Waals surface area contributed by atoms with Gasteiger partial charge in [0.1, 0.15) is 0 Å². The Labute approximate surface area is 145 Å². The van der Waals surface area contributed by atoms with E-state index in [1.54, 1.807) is 0 Å². The highest BCUT2D eigenvalue weighted by atomic mass is 16.2. The Hall–Kier alpha value is -1.84. The second-order valence-corrected chi connectivity index (χ2v) is 7.95. The first-order valence-electron chi connectivity index (χ1n) is 8.95. The lowest BCUT2D eigenvalue weighted by Gasteiger charge is -2.29. The van der Waals surface area contributed by atoms with Crippen LogP contribution in [0.3, 0.4) is 0 Å². The Kier molecular flexibility index (Phi) is 6.03. The van der Waals surface area contributed by atoms with E-state index in [9.17, 15) is 9.59 Å². The first-order valence-corrected chi connectivity index (χ1v) is 8.95. The van der Waals surface area contributed by atoms with Crippen molar-refractivity contribution in [3.63, 3.8) is 0 Å². The van der Waals surface area contributed by atoms with Crippen LogP contribution < -0.4 is 10.6 Å². The van der Waals surface area contributed by atoms with Gasteiger partial charge in [-0.05, 0) is 41.9 Å². The third-order valence-electron chi connectivity index (χ3n) is 4.88. The van der Waals surface area contributed by atoms with Gasteiger partial charge in [0.05, 0.1) is 6.54 Å². The molecule has 1 aromatic carbocycles. The summed E-state index contributed by atoms with van der Waals surface area (Å²) in [7, 11) is 0. The Bertz CT molecular complexity index is 572. The SMILES string of the molecule is CC1CCCCC1NC(=O)CNC(=O)c1ccc(C(C)(C)C)cc1. The molecule has 1 aromatic rings. The maximum Gasteiger partial charge on any atom is 0.251 e. The number of benzene rings is 1. The van der Waals surface area contributed by atoms with Gasteiger partial charge in [0.15, 0.2) is 0 Å². The summed E-state index contributed by atoms with van der Waals surface area (Å²) >= 11 is 0. The van der Waals surface area contributed by atoms with Crippen LogP contribution in [0, 0.1) is 5.92 Å². The summed E-state index contributed by atoms with van der Waals surface area (Å²) in [6.07, 6.45) is 4.61. The number of carbonyl (C=O) groups excluding carboxylic acids is 2. The molecule has 0 radical (unpaired) electrons. The first kappa shape index (κ1) is 18.5. The van der Waals surface area contributed by atoms with Crippen molar-refractivity contribution < 1.29 is 9.59 Å². The van der Waals surface area contributed by atoms with E-state index >= 15 is 0 Å². The molecule has 1 aliphatic carbocycles. The molecular formula is C20H30N2O2. The lowest BCUT2D eigenvalue weighted by atomic mass is 9.86. The van der Waals surface area contributed by atoms with E-state index in [0.717, 1.165) is 12.8 Å². The fourth-order valence-electron chi connectivity index (χ4n) is 3.17. The van der Waals surface area contributed by atoms with Crippen LogP contribution in [0.5, 0.6) is 0 Å². The van der Waals surface area contributed by atoms with Gasteiger partial charge in [0.2, 0.25) is 5.91 Å². The zero-order valence-electron chi connectivity index (χ0n) is 15.3. The first-order chi connectivity index (χ1) is 11.3. The molecule has 2 rings (SSSR count). The predicted octanol–water partition coefficient (Wildman–Crippen LogP) is 3.41. The second-order valence-electron chi connectivity index (χ2n) is 7.95. The van der Waals surface area contributed by atoms with Crippen LogP contribution >= 0.6 is 0 Å². The number of amides is 2. The molecule has 0 aromatic heterocycles. The summed E-state index contributed by atoms with van der Waals surface area (Å²) in [6, 6.07) is 7.82. The van der Waals surface area contributed by atoms with Gasteiger partial charge in [-0.2, -0.15) is 0 Å². The van der Waals surface area contributed by atoms with Crippen molar-refractivity contribution in [2.45, 2.75) is 64.8 Å². The Morgan fingerprint density at radius 2 is 1.71 bits per heavy atom. The van der Waals surface area contributed by atoms with Crippen LogP contribution in [0.15, 0.2) is 24.3 Å². The van der Waals surface area contributed by atoms with Crippen LogP contribution in [-0.2, 0) is 10.2 Å². The summed E-state index contributed by atoms with van der Waals surface area (Å²) in [5.74, 6) is 0.207. The Morgan fingerprint density at radius 3 is 2.29 bits per heavy atom. The van der Waals surface area contributed by atoms with E-state index in [1.165, 1.54) is 18.4 Å². The zero-order valence-corrected chi connectivity index (χ0v) is 15.3. The molecule has 1 fully saturated rings. The Morgan fingerprint density at radius 1 is 1.08 bits per heavy atom. The van der Waals surface area contributed by atoms with Crippen molar-refractivity contribution in [2.75, 3.05) is 6.54 Å². The molecule has 4 heteroatoms. The zero-order chi connectivity index (χ0) is 17.7. The average Bonchev–Trinajstić information content (AvgIpc) is 2.54. The van der Waals surface area contributed by atoms with Gasteiger partial charge in [-0.15, -0.1) is 0 Å². The lowest BCUT2D eigenvalue weighted by molar-refractivity contribution is -0.121. The molecule has 2 unspecified atom stereocenters. The largest absolute Gasteiger partial charge is 0.352 e. The van der Waals surface area contributed by atoms with Crippen LogP contribution in [-0.4, -0.2) is 24.4 Å². The van der Waals surface area contributed by atoms with Gasteiger partial charge < -0.3 is 10.6 Å². The molecular weight excluding hydrogens is 300 g/mol. The summed E-state index contributed by atoms with van der Waals surface area (Å²) < 4.78 is 0. The van der Waals surface area contributed by atoms with E-state index in [1.807, 2.05) is 24.3 Å². The molecule has 4 nitrogen and oxygen atoms in total. The molecule has 2 N–H and O–H groups in total. The molecule has 0 aliphatic heterocycles. The highest BCUT2D eigenvalue weighted by molar-refractivity contribution is 5.96. The van der Waals surface area contributed by atoms with Crippen molar-refractivity contribution >= 4 is 11.8 Å². The summed E-state index contributed by atoms with van der Waals surface area (Å²) in [6.45, 7) is 8.62. The van der Waals surface area contributed by atoms with Gasteiger partial charge in [-0.3, -0.25) is 9.59 Å². The minimum atomic E-state index is -0.206. The van der Waals surface area contributed by atoms with Crippen molar-refractivity contribution in [3.8, 4) is 0 Å². The summed E-state index contributed by atoms with van der Waals surface area (Å²) in [5, 5.41) is 5.76. The highest BCUT2D eigenvalue weighted by Crippen LogP contribution is 2.23. The number of hydrogen-bond donors (Lipinski definition) is 2. The maximum absolute atomic E-state index is 12.2. The van der Waals surface area contributed by atoms with Gasteiger partial charge in [-0.1, -0.05) is 52.7 Å². The topological polar surface area (TPSA) is 58.2 Å². The van der Waals surface area contributed by atoms with Crippen molar-refractivity contribution in [2.24, 2.45) is 5.92 Å². The van der Waals surface area contributed by atoms with Gasteiger partial charge in [0, 0.05) is 11.6 Å². The molecule has 24 heavy (non-hydrogen) atoms. The minimum Gasteiger partial charge on any atom is -0.352 e. The fourth-order valence-corrected chi connectivity index (χ4v) is 3.17. The van der Waals surface area contributed by atoms with Crippen LogP contribution in [0.1, 0.15) is 69.3 Å². The smallest absolute Gasteiger partial charge is 0.251 e. The van der Waals surface area contributed by atoms with Crippen LogP contribution in [0.4, 0.5) is 0 Å². The third kappa shape index (κ3) is 5.08. The molecule has 0 saturated heterocycles. The third-order valence-corrected chi connectivity index (χ3v) is 4.88. The van der Waals surface area contributed by atoms with Gasteiger partial charge in [-0.25, -0.2) is 0 Å². The Balaban J connectivity index is 1.83.